The Hall–Kier alpha value is -1.39. The average molecular weight is 301 g/mol. The second kappa shape index (κ2) is 7.25. The van der Waals surface area contributed by atoms with Crippen molar-refractivity contribution in [2.24, 2.45) is 5.92 Å². The third-order valence-electron chi connectivity index (χ3n) is 5.05. The van der Waals surface area contributed by atoms with Gasteiger partial charge in [-0.15, -0.1) is 0 Å². The van der Waals surface area contributed by atoms with Crippen molar-refractivity contribution < 1.29 is 4.79 Å². The van der Waals surface area contributed by atoms with E-state index in [-0.39, 0.29) is 11.8 Å². The van der Waals surface area contributed by atoms with Gasteiger partial charge in [0.1, 0.15) is 0 Å². The molecule has 0 radical (unpaired) electrons. The van der Waals surface area contributed by atoms with Crippen LogP contribution in [0.15, 0.2) is 30.3 Å². The molecule has 0 bridgehead atoms. The SMILES string of the molecule is CN1CCN(CCNC(=O)C2CCC2)[C@@H](c2ccccc2)C1. The van der Waals surface area contributed by atoms with Crippen molar-refractivity contribution in [2.75, 3.05) is 39.8 Å². The minimum atomic E-state index is 0.261. The first-order chi connectivity index (χ1) is 10.7. The highest BCUT2D eigenvalue weighted by Gasteiger charge is 2.27. The van der Waals surface area contributed by atoms with E-state index in [1.54, 1.807) is 0 Å². The Kier molecular flexibility index (Phi) is 5.11. The van der Waals surface area contributed by atoms with Gasteiger partial charge in [0, 0.05) is 44.7 Å². The van der Waals surface area contributed by atoms with E-state index in [1.807, 2.05) is 0 Å². The summed E-state index contributed by atoms with van der Waals surface area (Å²) in [7, 11) is 2.19. The van der Waals surface area contributed by atoms with Crippen LogP contribution in [0.25, 0.3) is 0 Å². The topological polar surface area (TPSA) is 35.6 Å². The molecular formula is C18H27N3O. The van der Waals surface area contributed by atoms with E-state index in [0.717, 1.165) is 45.6 Å². The molecule has 3 rings (SSSR count). The molecule has 120 valence electrons. The van der Waals surface area contributed by atoms with Crippen LogP contribution in [0.5, 0.6) is 0 Å². The van der Waals surface area contributed by atoms with Crippen LogP contribution in [0.3, 0.4) is 0 Å². The van der Waals surface area contributed by atoms with Gasteiger partial charge in [-0.3, -0.25) is 9.69 Å². The molecule has 0 unspecified atom stereocenters. The third-order valence-corrected chi connectivity index (χ3v) is 5.05. The van der Waals surface area contributed by atoms with Crippen molar-refractivity contribution in [3.05, 3.63) is 35.9 Å². The van der Waals surface area contributed by atoms with E-state index in [0.29, 0.717) is 6.04 Å². The van der Waals surface area contributed by atoms with Gasteiger partial charge in [0.2, 0.25) is 5.91 Å². The smallest absolute Gasteiger partial charge is 0.223 e. The van der Waals surface area contributed by atoms with Crippen molar-refractivity contribution in [3.8, 4) is 0 Å². The van der Waals surface area contributed by atoms with Crippen molar-refractivity contribution in [1.82, 2.24) is 15.1 Å². The van der Waals surface area contributed by atoms with Gasteiger partial charge in [-0.25, -0.2) is 0 Å². The molecule has 4 heteroatoms. The van der Waals surface area contributed by atoms with Gasteiger partial charge in [-0.05, 0) is 25.5 Å². The van der Waals surface area contributed by atoms with Crippen molar-refractivity contribution in [3.63, 3.8) is 0 Å². The third kappa shape index (κ3) is 3.68. The molecule has 22 heavy (non-hydrogen) atoms. The zero-order valence-electron chi connectivity index (χ0n) is 13.5. The number of rotatable bonds is 5. The number of likely N-dealkylation sites (N-methyl/N-ethyl adjacent to an activating group) is 1. The Labute approximate surface area is 133 Å². The second-order valence-corrected chi connectivity index (χ2v) is 6.64. The molecule has 0 spiro atoms. The molecule has 1 N–H and O–H groups in total. The van der Waals surface area contributed by atoms with Gasteiger partial charge in [0.25, 0.3) is 0 Å². The number of piperazine rings is 1. The highest BCUT2D eigenvalue weighted by atomic mass is 16.1. The predicted octanol–water partition coefficient (Wildman–Crippen LogP) is 1.89. The summed E-state index contributed by atoms with van der Waals surface area (Å²) < 4.78 is 0. The lowest BCUT2D eigenvalue weighted by Crippen LogP contribution is -2.49. The standard InChI is InChI=1S/C18H27N3O/c1-20-12-13-21(11-10-19-18(22)16-8-5-9-16)17(14-20)15-6-3-2-4-7-15/h2-4,6-7,16-17H,5,8-14H2,1H3,(H,19,22)/t17-/m1/s1. The molecule has 2 fully saturated rings. The monoisotopic (exact) mass is 301 g/mol. The van der Waals surface area contributed by atoms with Crippen LogP contribution in [0.4, 0.5) is 0 Å². The maximum absolute atomic E-state index is 11.9. The number of amides is 1. The lowest BCUT2D eigenvalue weighted by molar-refractivity contribution is -0.127. The van der Waals surface area contributed by atoms with Gasteiger partial charge in [-0.1, -0.05) is 36.8 Å². The fourth-order valence-corrected chi connectivity index (χ4v) is 3.35. The first-order valence-corrected chi connectivity index (χ1v) is 8.49. The maximum atomic E-state index is 11.9. The van der Waals surface area contributed by atoms with Crippen LogP contribution in [-0.4, -0.2) is 55.5 Å². The Morgan fingerprint density at radius 1 is 1.23 bits per heavy atom. The highest BCUT2D eigenvalue weighted by molar-refractivity contribution is 5.79. The summed E-state index contributed by atoms with van der Waals surface area (Å²) in [6.45, 7) is 4.92. The van der Waals surface area contributed by atoms with Crippen LogP contribution >= 0.6 is 0 Å². The van der Waals surface area contributed by atoms with E-state index >= 15 is 0 Å². The van der Waals surface area contributed by atoms with Crippen molar-refractivity contribution in [2.45, 2.75) is 25.3 Å². The van der Waals surface area contributed by atoms with Crippen molar-refractivity contribution in [1.29, 1.82) is 0 Å². The number of hydrogen-bond acceptors (Lipinski definition) is 3. The fraction of sp³-hybridized carbons (Fsp3) is 0.611. The zero-order chi connectivity index (χ0) is 15.4. The van der Waals surface area contributed by atoms with Gasteiger partial charge in [0.15, 0.2) is 0 Å². The molecule has 1 aliphatic heterocycles. The molecular weight excluding hydrogens is 274 g/mol. The second-order valence-electron chi connectivity index (χ2n) is 6.64. The first kappa shape index (κ1) is 15.5. The number of nitrogens with one attached hydrogen (secondary N) is 1. The summed E-state index contributed by atoms with van der Waals surface area (Å²) in [6.07, 6.45) is 3.37. The van der Waals surface area contributed by atoms with Gasteiger partial charge < -0.3 is 10.2 Å². The van der Waals surface area contributed by atoms with E-state index in [4.69, 9.17) is 0 Å². The van der Waals surface area contributed by atoms with Crippen LogP contribution in [-0.2, 0) is 4.79 Å². The largest absolute Gasteiger partial charge is 0.355 e. The summed E-state index contributed by atoms with van der Waals surface area (Å²) in [5, 5.41) is 3.12. The molecule has 1 saturated carbocycles. The molecule has 1 aliphatic carbocycles. The molecule has 1 amide bonds. The molecule has 1 saturated heterocycles. The maximum Gasteiger partial charge on any atom is 0.223 e. The predicted molar refractivity (Wildman–Crippen MR) is 88.6 cm³/mol. The Morgan fingerprint density at radius 2 is 2.00 bits per heavy atom. The van der Waals surface area contributed by atoms with Crippen LogP contribution in [0.1, 0.15) is 30.9 Å². The number of benzene rings is 1. The van der Waals surface area contributed by atoms with E-state index in [2.05, 4.69) is 52.5 Å². The number of carbonyl (C=O) groups excluding carboxylic acids is 1. The quantitative estimate of drug-likeness (QED) is 0.902. The lowest BCUT2D eigenvalue weighted by atomic mass is 9.85. The molecule has 0 aromatic heterocycles. The average Bonchev–Trinajstić information content (AvgIpc) is 2.48. The van der Waals surface area contributed by atoms with E-state index < -0.39 is 0 Å². The van der Waals surface area contributed by atoms with Crippen LogP contribution in [0.2, 0.25) is 0 Å². The van der Waals surface area contributed by atoms with E-state index in [1.165, 1.54) is 12.0 Å². The number of hydrogen-bond donors (Lipinski definition) is 1. The van der Waals surface area contributed by atoms with Crippen LogP contribution < -0.4 is 5.32 Å². The zero-order valence-corrected chi connectivity index (χ0v) is 13.5. The molecule has 4 nitrogen and oxygen atoms in total. The number of nitrogens with zero attached hydrogens (tertiary/aromatic N) is 2. The summed E-state index contributed by atoms with van der Waals surface area (Å²) in [5.41, 5.74) is 1.37. The van der Waals surface area contributed by atoms with Gasteiger partial charge in [0.05, 0.1) is 0 Å². The van der Waals surface area contributed by atoms with E-state index in [9.17, 15) is 4.79 Å². The Bertz CT molecular complexity index is 486. The first-order valence-electron chi connectivity index (χ1n) is 8.49. The minimum Gasteiger partial charge on any atom is -0.355 e. The Balaban J connectivity index is 1.54. The fourth-order valence-electron chi connectivity index (χ4n) is 3.35. The van der Waals surface area contributed by atoms with Crippen molar-refractivity contribution >= 4 is 5.91 Å². The summed E-state index contributed by atoms with van der Waals surface area (Å²) in [6, 6.07) is 11.1. The molecule has 1 heterocycles. The molecule has 2 aliphatic rings. The van der Waals surface area contributed by atoms with Gasteiger partial charge in [-0.2, -0.15) is 0 Å². The lowest BCUT2D eigenvalue weighted by Gasteiger charge is -2.40. The highest BCUT2D eigenvalue weighted by Crippen LogP contribution is 2.26. The summed E-state index contributed by atoms with van der Waals surface area (Å²) in [5.74, 6) is 0.550. The molecule has 1 atom stereocenters. The summed E-state index contributed by atoms with van der Waals surface area (Å²) >= 11 is 0. The van der Waals surface area contributed by atoms with Gasteiger partial charge >= 0.3 is 0 Å². The minimum absolute atomic E-state index is 0.261. The summed E-state index contributed by atoms with van der Waals surface area (Å²) in [4.78, 5) is 16.8. The molecule has 1 aromatic rings. The van der Waals surface area contributed by atoms with Crippen LogP contribution in [0, 0.1) is 5.92 Å². The Morgan fingerprint density at radius 3 is 2.68 bits per heavy atom. The normalized spacial score (nSPS) is 24.0. The molecule has 1 aromatic carbocycles. The number of carbonyl (C=O) groups is 1.